The molecule has 0 saturated heterocycles. The maximum atomic E-state index is 11.6. The molecule has 0 radical (unpaired) electrons. The van der Waals surface area contributed by atoms with Crippen LogP contribution in [0.1, 0.15) is 23.7 Å². The summed E-state index contributed by atoms with van der Waals surface area (Å²) in [6, 6.07) is 15.1. The summed E-state index contributed by atoms with van der Waals surface area (Å²) in [6.45, 7) is 1.86. The van der Waals surface area contributed by atoms with Gasteiger partial charge < -0.3 is 4.74 Å². The van der Waals surface area contributed by atoms with Gasteiger partial charge in [-0.15, -0.1) is 0 Å². The summed E-state index contributed by atoms with van der Waals surface area (Å²) in [4.78, 5) is 11.6. The first-order chi connectivity index (χ1) is 8.70. The molecule has 2 nitrogen and oxygen atoms in total. The Morgan fingerprint density at radius 1 is 1.17 bits per heavy atom. The van der Waals surface area contributed by atoms with Crippen LogP contribution in [0.15, 0.2) is 48.5 Å². The highest BCUT2D eigenvalue weighted by molar-refractivity contribution is 14.1. The molecule has 3 heteroatoms. The van der Waals surface area contributed by atoms with Crippen LogP contribution in [0.5, 0.6) is 11.5 Å². The standard InChI is InChI=1S/C15H13IO2/c1-2-14(17)11-6-5-7-12(10-11)18-15-9-4-3-8-13(15)16/h3-10H,2H2,1H3. The SMILES string of the molecule is CCC(=O)c1cccc(Oc2ccccc2I)c1. The van der Waals surface area contributed by atoms with Crippen molar-refractivity contribution >= 4 is 28.4 Å². The normalized spacial score (nSPS) is 10.1. The van der Waals surface area contributed by atoms with Crippen molar-refractivity contribution in [1.82, 2.24) is 0 Å². The minimum Gasteiger partial charge on any atom is -0.456 e. The van der Waals surface area contributed by atoms with Crippen molar-refractivity contribution in [1.29, 1.82) is 0 Å². The quantitative estimate of drug-likeness (QED) is 0.590. The molecule has 2 aromatic rings. The van der Waals surface area contributed by atoms with Gasteiger partial charge in [0.05, 0.1) is 3.57 Å². The number of hydrogen-bond acceptors (Lipinski definition) is 2. The monoisotopic (exact) mass is 352 g/mol. The molecule has 92 valence electrons. The molecular weight excluding hydrogens is 339 g/mol. The van der Waals surface area contributed by atoms with E-state index in [1.807, 2.05) is 49.4 Å². The van der Waals surface area contributed by atoms with Gasteiger partial charge in [-0.3, -0.25) is 4.79 Å². The minimum atomic E-state index is 0.128. The molecule has 0 bridgehead atoms. The molecule has 0 N–H and O–H groups in total. The van der Waals surface area contributed by atoms with Crippen molar-refractivity contribution < 1.29 is 9.53 Å². The molecule has 0 saturated carbocycles. The zero-order valence-electron chi connectivity index (χ0n) is 10.0. The Hall–Kier alpha value is -1.36. The molecule has 0 heterocycles. The Kier molecular flexibility index (Phi) is 4.36. The molecule has 0 unspecified atom stereocenters. The number of rotatable bonds is 4. The average Bonchev–Trinajstić information content (AvgIpc) is 2.41. The molecule has 0 aliphatic rings. The lowest BCUT2D eigenvalue weighted by Crippen LogP contribution is -1.96. The fourth-order valence-corrected chi connectivity index (χ4v) is 2.09. The lowest BCUT2D eigenvalue weighted by Gasteiger charge is -2.08. The van der Waals surface area contributed by atoms with Gasteiger partial charge in [-0.05, 0) is 46.9 Å². The van der Waals surface area contributed by atoms with Gasteiger partial charge in [0, 0.05) is 12.0 Å². The highest BCUT2D eigenvalue weighted by Gasteiger charge is 2.06. The first-order valence-electron chi connectivity index (χ1n) is 5.76. The van der Waals surface area contributed by atoms with E-state index in [0.29, 0.717) is 17.7 Å². The van der Waals surface area contributed by atoms with E-state index in [2.05, 4.69) is 22.6 Å². The van der Waals surface area contributed by atoms with E-state index in [9.17, 15) is 4.79 Å². The lowest BCUT2D eigenvalue weighted by molar-refractivity contribution is 0.0988. The highest BCUT2D eigenvalue weighted by atomic mass is 127. The molecule has 18 heavy (non-hydrogen) atoms. The number of benzene rings is 2. The number of carbonyl (C=O) groups excluding carboxylic acids is 1. The maximum absolute atomic E-state index is 11.6. The van der Waals surface area contributed by atoms with Crippen molar-refractivity contribution in [2.45, 2.75) is 13.3 Å². The molecule has 0 aromatic heterocycles. The van der Waals surface area contributed by atoms with E-state index in [4.69, 9.17) is 4.74 Å². The van der Waals surface area contributed by atoms with Crippen molar-refractivity contribution in [2.75, 3.05) is 0 Å². The van der Waals surface area contributed by atoms with E-state index < -0.39 is 0 Å². The number of halogens is 1. The molecule has 0 aliphatic heterocycles. The van der Waals surface area contributed by atoms with Gasteiger partial charge in [-0.2, -0.15) is 0 Å². The first kappa shape index (κ1) is 13.1. The van der Waals surface area contributed by atoms with E-state index in [0.717, 1.165) is 9.32 Å². The number of carbonyl (C=O) groups is 1. The third-order valence-corrected chi connectivity index (χ3v) is 3.43. The summed E-state index contributed by atoms with van der Waals surface area (Å²) in [5, 5.41) is 0. The van der Waals surface area contributed by atoms with Gasteiger partial charge in [0.15, 0.2) is 5.78 Å². The Bertz CT molecular complexity index is 564. The number of para-hydroxylation sites is 1. The second-order valence-corrected chi connectivity index (χ2v) is 5.00. The van der Waals surface area contributed by atoms with Crippen LogP contribution in [0.4, 0.5) is 0 Å². The van der Waals surface area contributed by atoms with Crippen molar-refractivity contribution in [3.8, 4) is 11.5 Å². The fraction of sp³-hybridized carbons (Fsp3) is 0.133. The number of hydrogen-bond donors (Lipinski definition) is 0. The van der Waals surface area contributed by atoms with Crippen LogP contribution in [0.3, 0.4) is 0 Å². The lowest BCUT2D eigenvalue weighted by atomic mass is 10.1. The van der Waals surface area contributed by atoms with Gasteiger partial charge in [-0.1, -0.05) is 31.2 Å². The third-order valence-electron chi connectivity index (χ3n) is 2.54. The molecule has 0 spiro atoms. The van der Waals surface area contributed by atoms with Gasteiger partial charge in [0.2, 0.25) is 0 Å². The summed E-state index contributed by atoms with van der Waals surface area (Å²) in [5.74, 6) is 1.63. The summed E-state index contributed by atoms with van der Waals surface area (Å²) >= 11 is 2.22. The van der Waals surface area contributed by atoms with Crippen LogP contribution in [-0.4, -0.2) is 5.78 Å². The Morgan fingerprint density at radius 3 is 2.67 bits per heavy atom. The number of ether oxygens (including phenoxy) is 1. The Labute approximate surface area is 120 Å². The Morgan fingerprint density at radius 2 is 1.94 bits per heavy atom. The van der Waals surface area contributed by atoms with Crippen molar-refractivity contribution in [3.63, 3.8) is 0 Å². The highest BCUT2D eigenvalue weighted by Crippen LogP contribution is 2.26. The zero-order chi connectivity index (χ0) is 13.0. The van der Waals surface area contributed by atoms with Crippen molar-refractivity contribution in [3.05, 3.63) is 57.7 Å². The molecule has 0 atom stereocenters. The van der Waals surface area contributed by atoms with Crippen LogP contribution < -0.4 is 4.74 Å². The maximum Gasteiger partial charge on any atom is 0.162 e. The molecule has 0 aliphatic carbocycles. The fourth-order valence-electron chi connectivity index (χ4n) is 1.59. The molecule has 2 aromatic carbocycles. The summed E-state index contributed by atoms with van der Waals surface area (Å²) in [5.41, 5.74) is 0.695. The Balaban J connectivity index is 2.25. The van der Waals surface area contributed by atoms with Crippen LogP contribution in [-0.2, 0) is 0 Å². The third kappa shape index (κ3) is 3.10. The van der Waals surface area contributed by atoms with Crippen LogP contribution >= 0.6 is 22.6 Å². The van der Waals surface area contributed by atoms with Crippen LogP contribution in [0.2, 0.25) is 0 Å². The van der Waals surface area contributed by atoms with Crippen molar-refractivity contribution in [2.24, 2.45) is 0 Å². The zero-order valence-corrected chi connectivity index (χ0v) is 12.2. The van der Waals surface area contributed by atoms with Gasteiger partial charge in [0.25, 0.3) is 0 Å². The smallest absolute Gasteiger partial charge is 0.162 e. The topological polar surface area (TPSA) is 26.3 Å². The van der Waals surface area contributed by atoms with Gasteiger partial charge in [0.1, 0.15) is 11.5 Å². The number of ketones is 1. The predicted octanol–water partition coefficient (Wildman–Crippen LogP) is 4.68. The summed E-state index contributed by atoms with van der Waals surface area (Å²) < 4.78 is 6.83. The molecule has 0 fully saturated rings. The van der Waals surface area contributed by atoms with E-state index >= 15 is 0 Å². The van der Waals surface area contributed by atoms with E-state index in [1.165, 1.54) is 0 Å². The van der Waals surface area contributed by atoms with Crippen LogP contribution in [0, 0.1) is 3.57 Å². The van der Waals surface area contributed by atoms with Gasteiger partial charge in [-0.25, -0.2) is 0 Å². The summed E-state index contributed by atoms with van der Waals surface area (Å²) in [6.07, 6.45) is 0.506. The average molecular weight is 352 g/mol. The summed E-state index contributed by atoms with van der Waals surface area (Å²) in [7, 11) is 0. The van der Waals surface area contributed by atoms with E-state index in [1.54, 1.807) is 6.07 Å². The first-order valence-corrected chi connectivity index (χ1v) is 6.84. The predicted molar refractivity (Wildman–Crippen MR) is 80.3 cm³/mol. The van der Waals surface area contributed by atoms with Gasteiger partial charge >= 0.3 is 0 Å². The number of Topliss-reactive ketones (excluding diaryl/α,β-unsaturated/α-hetero) is 1. The second-order valence-electron chi connectivity index (χ2n) is 3.84. The molecule has 0 amide bonds. The largest absolute Gasteiger partial charge is 0.456 e. The van der Waals surface area contributed by atoms with Crippen LogP contribution in [0.25, 0.3) is 0 Å². The second kappa shape index (κ2) is 6.00. The molecular formula is C15H13IO2. The molecule has 2 rings (SSSR count). The minimum absolute atomic E-state index is 0.128. The van der Waals surface area contributed by atoms with E-state index in [-0.39, 0.29) is 5.78 Å².